The van der Waals surface area contributed by atoms with Gasteiger partial charge in [0.1, 0.15) is 23.1 Å². The van der Waals surface area contributed by atoms with Crippen molar-refractivity contribution in [2.75, 3.05) is 0 Å². The zero-order chi connectivity index (χ0) is 17.3. The zero-order valence-corrected chi connectivity index (χ0v) is 13.9. The fraction of sp³-hybridized carbons (Fsp3) is 0.556. The van der Waals surface area contributed by atoms with E-state index in [9.17, 15) is 19.2 Å². The molecule has 22 heavy (non-hydrogen) atoms. The molecule has 0 aromatic heterocycles. The summed E-state index contributed by atoms with van der Waals surface area (Å²) in [6.45, 7) is 9.37. The van der Waals surface area contributed by atoms with Crippen LogP contribution in [0.1, 0.15) is 47.0 Å². The van der Waals surface area contributed by atoms with Crippen LogP contribution in [-0.4, -0.2) is 23.1 Å². The van der Waals surface area contributed by atoms with Crippen molar-refractivity contribution in [2.45, 2.75) is 47.0 Å². The Hall–Kier alpha value is -1.84. The molecule has 0 saturated carbocycles. The molecule has 1 unspecified atom stereocenters. The third-order valence-corrected chi connectivity index (χ3v) is 3.79. The Kier molecular flexibility index (Phi) is 9.15. The Morgan fingerprint density at radius 2 is 1.36 bits per heavy atom. The van der Waals surface area contributed by atoms with Crippen molar-refractivity contribution in [1.29, 1.82) is 0 Å². The molecule has 0 saturated heterocycles. The van der Waals surface area contributed by atoms with Crippen molar-refractivity contribution in [2.24, 2.45) is 17.8 Å². The van der Waals surface area contributed by atoms with Crippen LogP contribution < -0.4 is 0 Å². The minimum atomic E-state index is -0.631. The number of Topliss-reactive ketones (excluding diaryl/α,β-unsaturated/α-hetero) is 4. The molecule has 0 aliphatic heterocycles. The zero-order valence-electron chi connectivity index (χ0n) is 13.9. The second-order valence-corrected chi connectivity index (χ2v) is 5.66. The van der Waals surface area contributed by atoms with Gasteiger partial charge in [0, 0.05) is 0 Å². The molecule has 0 fully saturated rings. The Balaban J connectivity index is 4.53. The van der Waals surface area contributed by atoms with Gasteiger partial charge in [-0.1, -0.05) is 18.2 Å². The van der Waals surface area contributed by atoms with Gasteiger partial charge in [0.2, 0.25) is 0 Å². The fourth-order valence-corrected chi connectivity index (χ4v) is 2.57. The van der Waals surface area contributed by atoms with E-state index in [1.165, 1.54) is 27.7 Å². The van der Waals surface area contributed by atoms with Crippen LogP contribution in [0.25, 0.3) is 0 Å². The summed E-state index contributed by atoms with van der Waals surface area (Å²) in [4.78, 5) is 45.7. The Morgan fingerprint density at radius 3 is 1.73 bits per heavy atom. The standard InChI is InChI=1S/C18H26O4/c1-6-16(18(14(4)21)15(5)22)10-8-7-9-11-17(12(2)19)13(3)20/h6-7,9,16-18H,1,8,10-11H2,2-5H3/b9-7+. The topological polar surface area (TPSA) is 68.3 Å². The van der Waals surface area contributed by atoms with Crippen molar-refractivity contribution in [1.82, 2.24) is 0 Å². The maximum absolute atomic E-state index is 11.6. The molecule has 0 aromatic carbocycles. The summed E-state index contributed by atoms with van der Waals surface area (Å²) in [5, 5.41) is 0. The summed E-state index contributed by atoms with van der Waals surface area (Å²) in [5.74, 6) is -1.94. The predicted octanol–water partition coefficient (Wildman–Crippen LogP) is 3.10. The average Bonchev–Trinajstić information content (AvgIpc) is 2.38. The predicted molar refractivity (Wildman–Crippen MR) is 86.4 cm³/mol. The van der Waals surface area contributed by atoms with Gasteiger partial charge in [-0.25, -0.2) is 0 Å². The van der Waals surface area contributed by atoms with E-state index in [0.29, 0.717) is 19.3 Å². The van der Waals surface area contributed by atoms with E-state index in [4.69, 9.17) is 0 Å². The Bertz CT molecular complexity index is 445. The van der Waals surface area contributed by atoms with Crippen LogP contribution in [0.4, 0.5) is 0 Å². The molecule has 122 valence electrons. The van der Waals surface area contributed by atoms with E-state index in [0.717, 1.165) is 0 Å². The summed E-state index contributed by atoms with van der Waals surface area (Å²) in [6, 6.07) is 0. The van der Waals surface area contributed by atoms with Gasteiger partial charge in [-0.3, -0.25) is 19.2 Å². The first-order valence-electron chi connectivity index (χ1n) is 7.51. The van der Waals surface area contributed by atoms with Crippen molar-refractivity contribution >= 4 is 23.1 Å². The molecule has 0 spiro atoms. The van der Waals surface area contributed by atoms with Gasteiger partial charge in [0.25, 0.3) is 0 Å². The van der Waals surface area contributed by atoms with Gasteiger partial charge in [0.05, 0.1) is 11.8 Å². The van der Waals surface area contributed by atoms with Crippen LogP contribution in [0, 0.1) is 17.8 Å². The lowest BCUT2D eigenvalue weighted by molar-refractivity contribution is -0.133. The third kappa shape index (κ3) is 6.74. The quantitative estimate of drug-likeness (QED) is 0.434. The highest BCUT2D eigenvalue weighted by molar-refractivity contribution is 6.01. The number of carbonyl (C=O) groups excluding carboxylic acids is 4. The molecule has 4 nitrogen and oxygen atoms in total. The average molecular weight is 306 g/mol. The molecule has 0 heterocycles. The second kappa shape index (κ2) is 9.98. The monoisotopic (exact) mass is 306 g/mol. The molecule has 0 rings (SSSR count). The maximum Gasteiger partial charge on any atom is 0.140 e. The number of allylic oxidation sites excluding steroid dienone is 3. The molecule has 4 heteroatoms. The first-order chi connectivity index (χ1) is 10.2. The minimum absolute atomic E-state index is 0.130. The lowest BCUT2D eigenvalue weighted by Gasteiger charge is -2.19. The van der Waals surface area contributed by atoms with Crippen LogP contribution >= 0.6 is 0 Å². The molecule has 0 aliphatic rings. The van der Waals surface area contributed by atoms with Crippen molar-refractivity contribution < 1.29 is 19.2 Å². The van der Waals surface area contributed by atoms with Gasteiger partial charge in [0.15, 0.2) is 0 Å². The minimum Gasteiger partial charge on any atom is -0.299 e. The summed E-state index contributed by atoms with van der Waals surface area (Å²) in [7, 11) is 0. The van der Waals surface area contributed by atoms with Crippen LogP contribution in [0.15, 0.2) is 24.8 Å². The molecule has 1 atom stereocenters. The normalized spacial score (nSPS) is 12.6. The summed E-state index contributed by atoms with van der Waals surface area (Å²) in [5.41, 5.74) is 0. The van der Waals surface area contributed by atoms with Crippen molar-refractivity contribution in [3.8, 4) is 0 Å². The number of hydrogen-bond donors (Lipinski definition) is 0. The van der Waals surface area contributed by atoms with Gasteiger partial charge in [-0.2, -0.15) is 0 Å². The molecule has 0 aromatic rings. The van der Waals surface area contributed by atoms with E-state index in [1.54, 1.807) is 6.08 Å². The molecule has 0 radical (unpaired) electrons. The molecule has 0 N–H and O–H groups in total. The lowest BCUT2D eigenvalue weighted by atomic mass is 9.83. The Labute approximate surface area is 132 Å². The van der Waals surface area contributed by atoms with Crippen LogP contribution in [0.5, 0.6) is 0 Å². The smallest absolute Gasteiger partial charge is 0.140 e. The van der Waals surface area contributed by atoms with E-state index in [-0.39, 0.29) is 29.1 Å². The summed E-state index contributed by atoms with van der Waals surface area (Å²) < 4.78 is 0. The van der Waals surface area contributed by atoms with E-state index >= 15 is 0 Å². The first kappa shape index (κ1) is 20.2. The molecule has 0 amide bonds. The highest BCUT2D eigenvalue weighted by atomic mass is 16.2. The summed E-state index contributed by atoms with van der Waals surface area (Å²) >= 11 is 0. The number of rotatable bonds is 11. The van der Waals surface area contributed by atoms with E-state index in [1.807, 2.05) is 12.2 Å². The van der Waals surface area contributed by atoms with Crippen LogP contribution in [-0.2, 0) is 19.2 Å². The maximum atomic E-state index is 11.6. The van der Waals surface area contributed by atoms with Crippen molar-refractivity contribution in [3.63, 3.8) is 0 Å². The number of carbonyl (C=O) groups is 4. The fourth-order valence-electron chi connectivity index (χ4n) is 2.57. The second-order valence-electron chi connectivity index (χ2n) is 5.66. The highest BCUT2D eigenvalue weighted by Gasteiger charge is 2.26. The first-order valence-corrected chi connectivity index (χ1v) is 7.51. The number of ketones is 4. The Morgan fingerprint density at radius 1 is 0.864 bits per heavy atom. The van der Waals surface area contributed by atoms with Gasteiger partial charge >= 0.3 is 0 Å². The van der Waals surface area contributed by atoms with Gasteiger partial charge in [-0.05, 0) is 52.9 Å². The summed E-state index contributed by atoms with van der Waals surface area (Å²) in [6.07, 6.45) is 7.03. The van der Waals surface area contributed by atoms with Crippen LogP contribution in [0.2, 0.25) is 0 Å². The lowest BCUT2D eigenvalue weighted by Crippen LogP contribution is -2.27. The number of hydrogen-bond acceptors (Lipinski definition) is 4. The molecule has 0 aliphatic carbocycles. The SMILES string of the molecule is C=CC(CC/C=C/CC(C(C)=O)C(C)=O)C(C(C)=O)C(C)=O. The van der Waals surface area contributed by atoms with Crippen molar-refractivity contribution in [3.05, 3.63) is 24.8 Å². The largest absolute Gasteiger partial charge is 0.299 e. The van der Waals surface area contributed by atoms with Gasteiger partial charge in [-0.15, -0.1) is 6.58 Å². The molecule has 0 bridgehead atoms. The molecular formula is C18H26O4. The third-order valence-electron chi connectivity index (χ3n) is 3.79. The highest BCUT2D eigenvalue weighted by Crippen LogP contribution is 2.21. The van der Waals surface area contributed by atoms with E-state index < -0.39 is 11.8 Å². The molecular weight excluding hydrogens is 280 g/mol. The van der Waals surface area contributed by atoms with E-state index in [2.05, 4.69) is 6.58 Å². The van der Waals surface area contributed by atoms with Gasteiger partial charge < -0.3 is 0 Å². The van der Waals surface area contributed by atoms with Crippen LogP contribution in [0.3, 0.4) is 0 Å².